The minimum Gasteiger partial charge on any atom is -0.467 e. The van der Waals surface area contributed by atoms with Gasteiger partial charge in [0, 0.05) is 6.42 Å². The molecule has 120 valence electrons. The standard InChI is InChI=1S/C13H20FNO6/c1-13(2,3)21-12(18)15-8(11(17)19-4)7-9(10(15)16)20-6-5-14/h8-9H,5-7H2,1-4H3/t8-,9+/m0/s1. The number of esters is 1. The highest BCUT2D eigenvalue weighted by molar-refractivity contribution is 6.01. The lowest BCUT2D eigenvalue weighted by atomic mass is 10.2. The highest BCUT2D eigenvalue weighted by atomic mass is 19.1. The summed E-state index contributed by atoms with van der Waals surface area (Å²) in [6.45, 7) is 3.85. The van der Waals surface area contributed by atoms with Crippen molar-refractivity contribution in [2.75, 3.05) is 20.4 Å². The largest absolute Gasteiger partial charge is 0.467 e. The topological polar surface area (TPSA) is 82.1 Å². The van der Waals surface area contributed by atoms with Crippen LogP contribution in [0, 0.1) is 0 Å². The van der Waals surface area contributed by atoms with E-state index in [0.717, 1.165) is 7.11 Å². The number of carbonyl (C=O) groups excluding carboxylic acids is 3. The van der Waals surface area contributed by atoms with Gasteiger partial charge >= 0.3 is 12.1 Å². The van der Waals surface area contributed by atoms with Gasteiger partial charge in [-0.05, 0) is 20.8 Å². The first kappa shape index (κ1) is 17.4. The van der Waals surface area contributed by atoms with Crippen molar-refractivity contribution in [1.29, 1.82) is 0 Å². The van der Waals surface area contributed by atoms with Crippen LogP contribution < -0.4 is 0 Å². The summed E-state index contributed by atoms with van der Waals surface area (Å²) in [5.74, 6) is -1.48. The van der Waals surface area contributed by atoms with Gasteiger partial charge in [-0.25, -0.2) is 18.9 Å². The first-order chi connectivity index (χ1) is 9.71. The van der Waals surface area contributed by atoms with Gasteiger partial charge in [-0.2, -0.15) is 0 Å². The second-order valence-electron chi connectivity index (χ2n) is 5.51. The van der Waals surface area contributed by atoms with Crippen molar-refractivity contribution in [2.45, 2.75) is 44.9 Å². The van der Waals surface area contributed by atoms with Crippen LogP contribution in [-0.4, -0.2) is 61.0 Å². The molecule has 1 saturated heterocycles. The zero-order valence-electron chi connectivity index (χ0n) is 12.6. The predicted molar refractivity (Wildman–Crippen MR) is 69.2 cm³/mol. The number of nitrogens with zero attached hydrogens (tertiary/aromatic N) is 1. The molecule has 0 aromatic heterocycles. The maximum absolute atomic E-state index is 12.1. The molecule has 2 atom stereocenters. The third-order valence-corrected chi connectivity index (χ3v) is 2.72. The summed E-state index contributed by atoms with van der Waals surface area (Å²) < 4.78 is 26.8. The summed E-state index contributed by atoms with van der Waals surface area (Å²) in [5, 5.41) is 0. The van der Waals surface area contributed by atoms with Crippen LogP contribution in [-0.2, 0) is 23.8 Å². The predicted octanol–water partition coefficient (Wildman–Crippen LogP) is 1.05. The van der Waals surface area contributed by atoms with Gasteiger partial charge in [0.15, 0.2) is 0 Å². The van der Waals surface area contributed by atoms with Crippen LogP contribution in [0.25, 0.3) is 0 Å². The Balaban J connectivity index is 2.92. The first-order valence-corrected chi connectivity index (χ1v) is 6.52. The summed E-state index contributed by atoms with van der Waals surface area (Å²) in [4.78, 5) is 36.6. The van der Waals surface area contributed by atoms with E-state index in [4.69, 9.17) is 9.47 Å². The lowest BCUT2D eigenvalue weighted by Crippen LogP contribution is -2.46. The van der Waals surface area contributed by atoms with Crippen molar-refractivity contribution in [2.24, 2.45) is 0 Å². The molecule has 8 heteroatoms. The molecule has 21 heavy (non-hydrogen) atoms. The van der Waals surface area contributed by atoms with Crippen LogP contribution in [0.2, 0.25) is 0 Å². The van der Waals surface area contributed by atoms with E-state index < -0.39 is 42.4 Å². The molecular formula is C13H20FNO6. The number of hydrogen-bond donors (Lipinski definition) is 0. The highest BCUT2D eigenvalue weighted by Gasteiger charge is 2.49. The highest BCUT2D eigenvalue weighted by Crippen LogP contribution is 2.25. The Hall–Kier alpha value is -1.70. The minimum absolute atomic E-state index is 0.0786. The zero-order chi connectivity index (χ0) is 16.2. The molecule has 1 aliphatic rings. The number of hydrogen-bond acceptors (Lipinski definition) is 6. The number of amides is 2. The van der Waals surface area contributed by atoms with Gasteiger partial charge in [0.05, 0.1) is 13.7 Å². The molecule has 2 amide bonds. The average molecular weight is 305 g/mol. The Labute approximate surface area is 122 Å². The van der Waals surface area contributed by atoms with Gasteiger partial charge < -0.3 is 14.2 Å². The number of rotatable bonds is 4. The van der Waals surface area contributed by atoms with E-state index in [2.05, 4.69) is 4.74 Å². The summed E-state index contributed by atoms with van der Waals surface area (Å²) in [6, 6.07) is -1.12. The van der Waals surface area contributed by atoms with Crippen molar-refractivity contribution in [3.05, 3.63) is 0 Å². The van der Waals surface area contributed by atoms with Crippen molar-refractivity contribution in [3.8, 4) is 0 Å². The Morgan fingerprint density at radius 3 is 2.48 bits per heavy atom. The number of likely N-dealkylation sites (tertiary alicyclic amines) is 1. The van der Waals surface area contributed by atoms with Gasteiger partial charge in [-0.15, -0.1) is 0 Å². The fraction of sp³-hybridized carbons (Fsp3) is 0.769. The molecule has 0 spiro atoms. The molecule has 0 N–H and O–H groups in total. The molecule has 0 aromatic carbocycles. The number of halogens is 1. The van der Waals surface area contributed by atoms with Gasteiger partial charge in [0.1, 0.15) is 24.4 Å². The average Bonchev–Trinajstić information content (AvgIpc) is 2.70. The number of ether oxygens (including phenoxy) is 3. The maximum Gasteiger partial charge on any atom is 0.417 e. The number of carbonyl (C=O) groups is 3. The molecule has 1 fully saturated rings. The molecule has 0 aromatic rings. The van der Waals surface area contributed by atoms with Crippen molar-refractivity contribution in [1.82, 2.24) is 4.90 Å². The minimum atomic E-state index is -1.12. The molecule has 1 aliphatic heterocycles. The van der Waals surface area contributed by atoms with Crippen LogP contribution in [0.5, 0.6) is 0 Å². The van der Waals surface area contributed by atoms with Crippen LogP contribution in [0.15, 0.2) is 0 Å². The van der Waals surface area contributed by atoms with Crippen molar-refractivity contribution < 1.29 is 33.0 Å². The molecule has 0 radical (unpaired) electrons. The molecule has 0 saturated carbocycles. The molecule has 1 rings (SSSR count). The number of alkyl halides is 1. The second kappa shape index (κ2) is 6.84. The van der Waals surface area contributed by atoms with Crippen LogP contribution in [0.1, 0.15) is 27.2 Å². The van der Waals surface area contributed by atoms with E-state index in [0.29, 0.717) is 4.90 Å². The van der Waals surface area contributed by atoms with E-state index in [-0.39, 0.29) is 13.0 Å². The second-order valence-corrected chi connectivity index (χ2v) is 5.51. The summed E-state index contributed by atoms with van der Waals surface area (Å²) in [6.07, 6.45) is -2.09. The lowest BCUT2D eigenvalue weighted by Gasteiger charge is -2.26. The summed E-state index contributed by atoms with van der Waals surface area (Å²) in [5.41, 5.74) is -0.823. The fourth-order valence-corrected chi connectivity index (χ4v) is 1.91. The van der Waals surface area contributed by atoms with Gasteiger partial charge in [0.2, 0.25) is 0 Å². The normalized spacial score (nSPS) is 22.3. The smallest absolute Gasteiger partial charge is 0.417 e. The van der Waals surface area contributed by atoms with Crippen LogP contribution in [0.3, 0.4) is 0 Å². The Morgan fingerprint density at radius 2 is 2.00 bits per heavy atom. The first-order valence-electron chi connectivity index (χ1n) is 6.52. The van der Waals surface area contributed by atoms with Gasteiger partial charge in [-0.1, -0.05) is 0 Å². The third kappa shape index (κ3) is 4.38. The van der Waals surface area contributed by atoms with E-state index in [1.165, 1.54) is 0 Å². The molecule has 0 bridgehead atoms. The van der Waals surface area contributed by atoms with Crippen LogP contribution in [0.4, 0.5) is 9.18 Å². The van der Waals surface area contributed by atoms with Gasteiger partial charge in [-0.3, -0.25) is 4.79 Å². The summed E-state index contributed by atoms with van der Waals surface area (Å²) >= 11 is 0. The maximum atomic E-state index is 12.1. The lowest BCUT2D eigenvalue weighted by molar-refractivity contribution is -0.149. The van der Waals surface area contributed by atoms with Crippen molar-refractivity contribution >= 4 is 18.0 Å². The third-order valence-electron chi connectivity index (χ3n) is 2.72. The molecule has 0 aliphatic carbocycles. The van der Waals surface area contributed by atoms with E-state index in [1.54, 1.807) is 20.8 Å². The van der Waals surface area contributed by atoms with E-state index in [1.807, 2.05) is 0 Å². The quantitative estimate of drug-likeness (QED) is 0.722. The number of imide groups is 1. The Morgan fingerprint density at radius 1 is 1.38 bits per heavy atom. The SMILES string of the molecule is COC(=O)[C@@H]1C[C@@H](OCCF)C(=O)N1C(=O)OC(C)(C)C. The fourth-order valence-electron chi connectivity index (χ4n) is 1.91. The van der Waals surface area contributed by atoms with Crippen LogP contribution >= 0.6 is 0 Å². The summed E-state index contributed by atoms with van der Waals surface area (Å²) in [7, 11) is 1.15. The number of methoxy groups -OCH3 is 1. The monoisotopic (exact) mass is 305 g/mol. The van der Waals surface area contributed by atoms with Crippen molar-refractivity contribution in [3.63, 3.8) is 0 Å². The van der Waals surface area contributed by atoms with E-state index in [9.17, 15) is 18.8 Å². The Bertz CT molecular complexity index is 419. The van der Waals surface area contributed by atoms with E-state index >= 15 is 0 Å². The molecule has 0 unspecified atom stereocenters. The molecule has 7 nitrogen and oxygen atoms in total. The van der Waals surface area contributed by atoms with Gasteiger partial charge in [0.25, 0.3) is 5.91 Å². The molecular weight excluding hydrogens is 285 g/mol. The Kier molecular flexibility index (Phi) is 5.65. The molecule has 1 heterocycles. The zero-order valence-corrected chi connectivity index (χ0v) is 12.6.